The fraction of sp³-hybridized carbons (Fsp3) is 0.843. The molecule has 0 aliphatic heterocycles. The van der Waals surface area contributed by atoms with Gasteiger partial charge in [0.2, 0.25) is 5.91 Å². The average Bonchev–Trinajstić information content (AvgIpc) is 3.20. The Morgan fingerprint density at radius 1 is 0.509 bits per heavy atom. The van der Waals surface area contributed by atoms with Crippen LogP contribution in [0.3, 0.4) is 0 Å². The van der Waals surface area contributed by atoms with E-state index in [2.05, 4.69) is 62.5 Å². The summed E-state index contributed by atoms with van der Waals surface area (Å²) in [7, 11) is 0. The van der Waals surface area contributed by atoms with Crippen molar-refractivity contribution in [3.63, 3.8) is 0 Å². The number of carbonyl (C=O) groups is 2. The SMILES string of the molecule is CCCCCCC/C=C/C=C/C=C/CCCCCC(CC(=O)NC(CO)C(O)CCCCCCCCCCC)OC(=O)CCCCCCCCCCCCCCC. The number of unbranched alkanes of at least 4 members (excludes halogenated alkanes) is 28. The van der Waals surface area contributed by atoms with E-state index in [1.54, 1.807) is 0 Å². The first kappa shape index (κ1) is 55.1. The van der Waals surface area contributed by atoms with Gasteiger partial charge in [-0.15, -0.1) is 0 Å². The lowest BCUT2D eigenvalue weighted by Crippen LogP contribution is -2.46. The van der Waals surface area contributed by atoms with Crippen molar-refractivity contribution >= 4 is 11.9 Å². The van der Waals surface area contributed by atoms with Gasteiger partial charge >= 0.3 is 5.97 Å². The molecule has 0 heterocycles. The molecule has 3 N–H and O–H groups in total. The second kappa shape index (κ2) is 45.2. The van der Waals surface area contributed by atoms with E-state index in [4.69, 9.17) is 4.74 Å². The van der Waals surface area contributed by atoms with E-state index >= 15 is 0 Å². The molecule has 0 aromatic carbocycles. The van der Waals surface area contributed by atoms with Crippen LogP contribution in [-0.4, -0.2) is 46.9 Å². The minimum Gasteiger partial charge on any atom is -0.462 e. The number of esters is 1. The summed E-state index contributed by atoms with van der Waals surface area (Å²) >= 11 is 0. The van der Waals surface area contributed by atoms with Gasteiger partial charge in [0.05, 0.1) is 25.2 Å². The largest absolute Gasteiger partial charge is 0.462 e. The maximum atomic E-state index is 13.1. The molecule has 0 aromatic rings. The van der Waals surface area contributed by atoms with Gasteiger partial charge in [0, 0.05) is 6.42 Å². The number of ether oxygens (including phenoxy) is 1. The molecule has 0 aromatic heterocycles. The topological polar surface area (TPSA) is 95.9 Å². The van der Waals surface area contributed by atoms with Gasteiger partial charge < -0.3 is 20.3 Å². The Hall–Kier alpha value is -1.92. The lowest BCUT2D eigenvalue weighted by atomic mass is 10.0. The van der Waals surface area contributed by atoms with Crippen molar-refractivity contribution in [1.82, 2.24) is 5.32 Å². The predicted octanol–water partition coefficient (Wildman–Crippen LogP) is 14.5. The zero-order valence-corrected chi connectivity index (χ0v) is 38.0. The maximum Gasteiger partial charge on any atom is 0.306 e. The molecule has 0 radical (unpaired) electrons. The normalized spacial score (nSPS) is 13.6. The van der Waals surface area contributed by atoms with Crippen molar-refractivity contribution in [3.8, 4) is 0 Å². The average molecular weight is 802 g/mol. The number of aliphatic hydroxyl groups excluding tert-OH is 2. The van der Waals surface area contributed by atoms with Crippen molar-refractivity contribution in [1.29, 1.82) is 0 Å². The molecule has 0 aliphatic carbocycles. The van der Waals surface area contributed by atoms with Crippen LogP contribution in [0.5, 0.6) is 0 Å². The van der Waals surface area contributed by atoms with Crippen LogP contribution in [0.15, 0.2) is 36.5 Å². The summed E-state index contributed by atoms with van der Waals surface area (Å²) in [5, 5.41) is 23.6. The minimum atomic E-state index is -0.792. The molecule has 0 spiro atoms. The van der Waals surface area contributed by atoms with Crippen LogP contribution >= 0.6 is 0 Å². The molecule has 0 saturated heterocycles. The molecule has 0 aliphatic rings. The zero-order chi connectivity index (χ0) is 41.7. The summed E-state index contributed by atoms with van der Waals surface area (Å²) in [5.74, 6) is -0.501. The number of hydrogen-bond donors (Lipinski definition) is 3. The molecule has 3 atom stereocenters. The van der Waals surface area contributed by atoms with E-state index in [0.29, 0.717) is 19.3 Å². The van der Waals surface area contributed by atoms with Gasteiger partial charge in [-0.1, -0.05) is 224 Å². The Morgan fingerprint density at radius 2 is 0.895 bits per heavy atom. The second-order valence-electron chi connectivity index (χ2n) is 16.9. The molecule has 334 valence electrons. The van der Waals surface area contributed by atoms with Gasteiger partial charge in [-0.2, -0.15) is 0 Å². The van der Waals surface area contributed by atoms with E-state index < -0.39 is 18.2 Å². The van der Waals surface area contributed by atoms with E-state index in [1.165, 1.54) is 135 Å². The van der Waals surface area contributed by atoms with Crippen LogP contribution in [-0.2, 0) is 14.3 Å². The summed E-state index contributed by atoms with van der Waals surface area (Å²) < 4.78 is 5.91. The summed E-state index contributed by atoms with van der Waals surface area (Å²) in [6, 6.07) is -0.708. The van der Waals surface area contributed by atoms with Gasteiger partial charge in [0.25, 0.3) is 0 Å². The van der Waals surface area contributed by atoms with Gasteiger partial charge in [0.15, 0.2) is 0 Å². The van der Waals surface area contributed by atoms with Crippen molar-refractivity contribution in [2.45, 2.75) is 270 Å². The molecule has 6 nitrogen and oxygen atoms in total. The Bertz CT molecular complexity index is 946. The zero-order valence-electron chi connectivity index (χ0n) is 38.0. The molecule has 3 unspecified atom stereocenters. The summed E-state index contributed by atoms with van der Waals surface area (Å²) in [6.45, 7) is 6.44. The second-order valence-corrected chi connectivity index (χ2v) is 16.9. The standard InChI is InChI=1S/C51H95NO5/c1-4-7-10-13-16-19-21-23-24-25-27-28-31-33-36-39-42-47(57-51(56)44-41-38-35-32-29-26-22-20-17-14-11-8-5-2)45-50(55)52-48(46-53)49(54)43-40-37-34-30-18-15-12-9-6-3/h21,23-25,27-28,47-49,53-54H,4-20,22,26,29-46H2,1-3H3,(H,52,55)/b23-21+,25-24+,28-27+. The third-order valence-electron chi connectivity index (χ3n) is 11.3. The molecule has 1 amide bonds. The van der Waals surface area contributed by atoms with Gasteiger partial charge in [-0.3, -0.25) is 9.59 Å². The molecular weight excluding hydrogens is 707 g/mol. The highest BCUT2D eigenvalue weighted by molar-refractivity contribution is 5.77. The van der Waals surface area contributed by atoms with Crippen LogP contribution in [0.25, 0.3) is 0 Å². The van der Waals surface area contributed by atoms with Crippen LogP contribution in [0, 0.1) is 0 Å². The number of amides is 1. The fourth-order valence-electron chi connectivity index (χ4n) is 7.49. The van der Waals surface area contributed by atoms with Crippen molar-refractivity contribution in [3.05, 3.63) is 36.5 Å². The summed E-state index contributed by atoms with van der Waals surface area (Å²) in [6.07, 6.45) is 52.0. The monoisotopic (exact) mass is 802 g/mol. The Labute approximate surface area is 353 Å². The van der Waals surface area contributed by atoms with E-state index in [9.17, 15) is 19.8 Å². The smallest absolute Gasteiger partial charge is 0.306 e. The third-order valence-corrected chi connectivity index (χ3v) is 11.3. The molecule has 57 heavy (non-hydrogen) atoms. The predicted molar refractivity (Wildman–Crippen MR) is 246 cm³/mol. The maximum absolute atomic E-state index is 13.1. The van der Waals surface area contributed by atoms with Crippen LogP contribution in [0.1, 0.15) is 252 Å². The summed E-state index contributed by atoms with van der Waals surface area (Å²) in [4.78, 5) is 26.0. The highest BCUT2D eigenvalue weighted by Gasteiger charge is 2.24. The van der Waals surface area contributed by atoms with E-state index in [-0.39, 0.29) is 24.9 Å². The molecule has 0 bridgehead atoms. The van der Waals surface area contributed by atoms with Gasteiger partial charge in [-0.05, 0) is 51.4 Å². The van der Waals surface area contributed by atoms with Crippen LogP contribution < -0.4 is 5.32 Å². The third kappa shape index (κ3) is 40.6. The van der Waals surface area contributed by atoms with Crippen molar-refractivity contribution in [2.75, 3.05) is 6.61 Å². The number of rotatable bonds is 44. The van der Waals surface area contributed by atoms with Crippen LogP contribution in [0.4, 0.5) is 0 Å². The number of carbonyl (C=O) groups excluding carboxylic acids is 2. The molecule has 0 rings (SSSR count). The molecular formula is C51H95NO5. The van der Waals surface area contributed by atoms with Crippen LogP contribution in [0.2, 0.25) is 0 Å². The minimum absolute atomic E-state index is 0.0581. The molecule has 0 saturated carbocycles. The molecule has 0 fully saturated rings. The Balaban J connectivity index is 4.66. The first-order valence-corrected chi connectivity index (χ1v) is 24.7. The van der Waals surface area contributed by atoms with E-state index in [1.807, 2.05) is 0 Å². The van der Waals surface area contributed by atoms with Gasteiger partial charge in [-0.25, -0.2) is 0 Å². The van der Waals surface area contributed by atoms with Crippen molar-refractivity contribution < 1.29 is 24.5 Å². The highest BCUT2D eigenvalue weighted by Crippen LogP contribution is 2.17. The molecule has 6 heteroatoms. The first-order chi connectivity index (χ1) is 28.0. The summed E-state index contributed by atoms with van der Waals surface area (Å²) in [5.41, 5.74) is 0. The van der Waals surface area contributed by atoms with Crippen molar-refractivity contribution in [2.24, 2.45) is 0 Å². The quantitative estimate of drug-likeness (QED) is 0.0324. The number of hydrogen-bond acceptors (Lipinski definition) is 5. The number of aliphatic hydroxyl groups is 2. The lowest BCUT2D eigenvalue weighted by Gasteiger charge is -2.24. The Kier molecular flexibility index (Phi) is 43.6. The van der Waals surface area contributed by atoms with Gasteiger partial charge in [0.1, 0.15) is 6.10 Å². The highest BCUT2D eigenvalue weighted by atomic mass is 16.5. The fourth-order valence-corrected chi connectivity index (χ4v) is 7.49. The number of nitrogens with one attached hydrogen (secondary N) is 1. The lowest BCUT2D eigenvalue weighted by molar-refractivity contribution is -0.151. The number of allylic oxidation sites excluding steroid dienone is 6. The Morgan fingerprint density at radius 3 is 1.35 bits per heavy atom. The first-order valence-electron chi connectivity index (χ1n) is 24.7. The van der Waals surface area contributed by atoms with E-state index in [0.717, 1.165) is 70.6 Å².